The number of methoxy groups -OCH3 is 1. The van der Waals surface area contributed by atoms with Crippen molar-refractivity contribution < 1.29 is 19.0 Å². The fourth-order valence-corrected chi connectivity index (χ4v) is 3.85. The number of hydrogen-bond acceptors (Lipinski definition) is 6. The van der Waals surface area contributed by atoms with Crippen LogP contribution in [0.15, 0.2) is 41.3 Å². The summed E-state index contributed by atoms with van der Waals surface area (Å²) >= 11 is 6.29. The molecule has 0 spiro atoms. The van der Waals surface area contributed by atoms with Crippen molar-refractivity contribution in [2.24, 2.45) is 0 Å². The number of ether oxygens (including phenoxy) is 3. The number of hydrogen-bond donors (Lipinski definition) is 1. The monoisotopic (exact) mass is 429 g/mol. The van der Waals surface area contributed by atoms with E-state index in [-0.39, 0.29) is 5.91 Å². The van der Waals surface area contributed by atoms with Crippen molar-refractivity contribution in [3.05, 3.63) is 58.0 Å². The minimum absolute atomic E-state index is 0.198. The van der Waals surface area contributed by atoms with Crippen LogP contribution in [-0.4, -0.2) is 30.6 Å². The zero-order valence-electron chi connectivity index (χ0n) is 16.6. The number of nitrogens with one attached hydrogen (secondary N) is 1. The Hall–Kier alpha value is -2.51. The summed E-state index contributed by atoms with van der Waals surface area (Å²) < 4.78 is 17.8. The van der Waals surface area contributed by atoms with Gasteiger partial charge in [-0.3, -0.25) is 4.79 Å². The highest BCUT2D eigenvalue weighted by Crippen LogP contribution is 2.35. The number of thioether (sulfide) groups is 1. The maximum atomic E-state index is 12.0. The molecule has 7 heteroatoms. The SMILES string of the molecule is COc1cccc(/C=C2\SC(=S)NC2=O)c1OCCCOc1cccc(C)c1C. The minimum Gasteiger partial charge on any atom is -0.493 e. The molecule has 1 heterocycles. The van der Waals surface area contributed by atoms with Gasteiger partial charge in [0.1, 0.15) is 10.1 Å². The second kappa shape index (κ2) is 9.80. The molecule has 0 aliphatic carbocycles. The third-order valence-electron chi connectivity index (χ3n) is 4.51. The predicted octanol–water partition coefficient (Wildman–Crippen LogP) is 4.65. The first-order valence-corrected chi connectivity index (χ1v) is 10.5. The Kier molecular flexibility index (Phi) is 7.17. The average molecular weight is 430 g/mol. The van der Waals surface area contributed by atoms with E-state index in [1.807, 2.05) is 30.3 Å². The standard InChI is InChI=1S/C22H23NO4S2/c1-14-7-4-9-17(15(14)2)26-11-6-12-27-20-16(8-5-10-18(20)25-3)13-19-21(24)23-22(28)29-19/h4-5,7-10,13H,6,11-12H2,1-3H3,(H,23,24,28)/b19-13-. The van der Waals surface area contributed by atoms with Crippen LogP contribution in [0.2, 0.25) is 0 Å². The number of thiocarbonyl (C=S) groups is 1. The first kappa shape index (κ1) is 21.2. The lowest BCUT2D eigenvalue weighted by molar-refractivity contribution is -0.115. The van der Waals surface area contributed by atoms with Crippen molar-refractivity contribution in [1.82, 2.24) is 5.32 Å². The summed E-state index contributed by atoms with van der Waals surface area (Å²) in [5.74, 6) is 1.91. The highest BCUT2D eigenvalue weighted by atomic mass is 32.2. The molecule has 1 saturated heterocycles. The summed E-state index contributed by atoms with van der Waals surface area (Å²) in [4.78, 5) is 12.5. The molecular formula is C22H23NO4S2. The van der Waals surface area contributed by atoms with Crippen molar-refractivity contribution in [2.75, 3.05) is 20.3 Å². The van der Waals surface area contributed by atoms with Crippen LogP contribution in [-0.2, 0) is 4.79 Å². The molecule has 1 aliphatic heterocycles. The molecule has 0 atom stereocenters. The number of carbonyl (C=O) groups is 1. The second-order valence-electron chi connectivity index (χ2n) is 6.48. The van der Waals surface area contributed by atoms with Gasteiger partial charge in [-0.1, -0.05) is 48.2 Å². The van der Waals surface area contributed by atoms with Crippen molar-refractivity contribution in [2.45, 2.75) is 20.3 Å². The normalized spacial score (nSPS) is 14.8. The molecule has 1 fully saturated rings. The number of benzene rings is 2. The van der Waals surface area contributed by atoms with E-state index in [2.05, 4.69) is 25.2 Å². The molecule has 0 aromatic heterocycles. The fourth-order valence-electron chi connectivity index (χ4n) is 2.82. The van der Waals surface area contributed by atoms with E-state index in [4.69, 9.17) is 26.4 Å². The minimum atomic E-state index is -0.198. The van der Waals surface area contributed by atoms with Crippen LogP contribution < -0.4 is 19.5 Å². The van der Waals surface area contributed by atoms with E-state index in [9.17, 15) is 4.79 Å². The van der Waals surface area contributed by atoms with Gasteiger partial charge >= 0.3 is 0 Å². The molecule has 1 N–H and O–H groups in total. The molecule has 3 rings (SSSR count). The number of para-hydroxylation sites is 1. The molecule has 2 aromatic rings. The summed E-state index contributed by atoms with van der Waals surface area (Å²) in [6, 6.07) is 11.6. The van der Waals surface area contributed by atoms with Gasteiger partial charge in [-0.05, 0) is 43.2 Å². The predicted molar refractivity (Wildman–Crippen MR) is 121 cm³/mol. The van der Waals surface area contributed by atoms with Gasteiger partial charge in [0.25, 0.3) is 5.91 Å². The van der Waals surface area contributed by atoms with Crippen LogP contribution in [0.4, 0.5) is 0 Å². The fraction of sp³-hybridized carbons (Fsp3) is 0.273. The van der Waals surface area contributed by atoms with Gasteiger partial charge < -0.3 is 19.5 Å². The van der Waals surface area contributed by atoms with Crippen LogP contribution in [0.1, 0.15) is 23.1 Å². The quantitative estimate of drug-likeness (QED) is 0.375. The molecular weight excluding hydrogens is 406 g/mol. The Bertz CT molecular complexity index is 956. The third kappa shape index (κ3) is 5.31. The molecule has 2 aromatic carbocycles. The average Bonchev–Trinajstić information content (AvgIpc) is 3.02. The topological polar surface area (TPSA) is 56.8 Å². The molecule has 0 saturated carbocycles. The van der Waals surface area contributed by atoms with Crippen molar-refractivity contribution in [1.29, 1.82) is 0 Å². The Morgan fingerprint density at radius 3 is 2.52 bits per heavy atom. The van der Waals surface area contributed by atoms with Gasteiger partial charge in [0, 0.05) is 12.0 Å². The maximum absolute atomic E-state index is 12.0. The lowest BCUT2D eigenvalue weighted by Gasteiger charge is -2.14. The molecule has 29 heavy (non-hydrogen) atoms. The Balaban J connectivity index is 1.64. The van der Waals surface area contributed by atoms with Gasteiger partial charge in [-0.25, -0.2) is 0 Å². The van der Waals surface area contributed by atoms with E-state index >= 15 is 0 Å². The highest BCUT2D eigenvalue weighted by Gasteiger charge is 2.23. The smallest absolute Gasteiger partial charge is 0.263 e. The van der Waals surface area contributed by atoms with Gasteiger partial charge in [-0.15, -0.1) is 0 Å². The largest absolute Gasteiger partial charge is 0.493 e. The molecule has 0 bridgehead atoms. The second-order valence-corrected chi connectivity index (χ2v) is 8.20. The van der Waals surface area contributed by atoms with Crippen LogP contribution >= 0.6 is 24.0 Å². The van der Waals surface area contributed by atoms with Crippen LogP contribution in [0.3, 0.4) is 0 Å². The van der Waals surface area contributed by atoms with Gasteiger partial charge in [0.15, 0.2) is 11.5 Å². The number of rotatable bonds is 8. The van der Waals surface area contributed by atoms with Crippen LogP contribution in [0.25, 0.3) is 6.08 Å². The third-order valence-corrected chi connectivity index (χ3v) is 5.67. The van der Waals surface area contributed by atoms with Crippen LogP contribution in [0, 0.1) is 13.8 Å². The Morgan fingerprint density at radius 2 is 1.79 bits per heavy atom. The van der Waals surface area contributed by atoms with E-state index in [0.717, 1.165) is 16.9 Å². The lowest BCUT2D eigenvalue weighted by Crippen LogP contribution is -2.17. The first-order valence-electron chi connectivity index (χ1n) is 9.23. The number of amides is 1. The van der Waals surface area contributed by atoms with E-state index in [1.54, 1.807) is 13.2 Å². The first-order chi connectivity index (χ1) is 14.0. The van der Waals surface area contributed by atoms with E-state index in [0.29, 0.717) is 40.4 Å². The molecule has 0 radical (unpaired) electrons. The molecule has 5 nitrogen and oxygen atoms in total. The lowest BCUT2D eigenvalue weighted by atomic mass is 10.1. The summed E-state index contributed by atoms with van der Waals surface area (Å²) in [7, 11) is 1.59. The molecule has 1 aliphatic rings. The Labute approximate surface area is 180 Å². The number of carbonyl (C=O) groups excluding carboxylic acids is 1. The molecule has 152 valence electrons. The summed E-state index contributed by atoms with van der Waals surface area (Å²) in [6.45, 7) is 5.12. The zero-order valence-corrected chi connectivity index (χ0v) is 18.2. The number of aryl methyl sites for hydroxylation is 1. The van der Waals surface area contributed by atoms with Gasteiger partial charge in [-0.2, -0.15) is 0 Å². The van der Waals surface area contributed by atoms with Gasteiger partial charge in [0.05, 0.1) is 25.2 Å². The highest BCUT2D eigenvalue weighted by molar-refractivity contribution is 8.26. The van der Waals surface area contributed by atoms with Crippen molar-refractivity contribution >= 4 is 40.3 Å². The van der Waals surface area contributed by atoms with Crippen LogP contribution in [0.5, 0.6) is 17.2 Å². The maximum Gasteiger partial charge on any atom is 0.263 e. The summed E-state index contributed by atoms with van der Waals surface area (Å²) in [5.41, 5.74) is 3.12. The van der Waals surface area contributed by atoms with E-state index < -0.39 is 0 Å². The van der Waals surface area contributed by atoms with Crippen molar-refractivity contribution in [3.8, 4) is 17.2 Å². The zero-order chi connectivity index (χ0) is 20.8. The van der Waals surface area contributed by atoms with E-state index in [1.165, 1.54) is 17.3 Å². The Morgan fingerprint density at radius 1 is 1.07 bits per heavy atom. The van der Waals surface area contributed by atoms with Crippen molar-refractivity contribution in [3.63, 3.8) is 0 Å². The molecule has 1 amide bonds. The summed E-state index contributed by atoms with van der Waals surface area (Å²) in [6.07, 6.45) is 2.48. The molecule has 0 unspecified atom stereocenters. The summed E-state index contributed by atoms with van der Waals surface area (Å²) in [5, 5.41) is 2.62. The van der Waals surface area contributed by atoms with Gasteiger partial charge in [0.2, 0.25) is 0 Å².